The number of nitrogens with two attached hydrogens (primary N) is 1. The van der Waals surface area contributed by atoms with Gasteiger partial charge in [0.2, 0.25) is 0 Å². The summed E-state index contributed by atoms with van der Waals surface area (Å²) in [6.07, 6.45) is -5.10. The molecule has 2 aromatic carbocycles. The third-order valence-corrected chi connectivity index (χ3v) is 4.26. The minimum atomic E-state index is -4.50. The number of hydrogen-bond donors (Lipinski definition) is 1. The highest BCUT2D eigenvalue weighted by molar-refractivity contribution is 6.30. The quantitative estimate of drug-likeness (QED) is 0.638. The van der Waals surface area contributed by atoms with Crippen LogP contribution in [0.4, 0.5) is 18.9 Å². The highest BCUT2D eigenvalue weighted by Gasteiger charge is 2.34. The van der Waals surface area contributed by atoms with E-state index in [0.29, 0.717) is 22.3 Å². The Morgan fingerprint density at radius 1 is 1.15 bits per heavy atom. The second-order valence-electron chi connectivity index (χ2n) is 5.93. The van der Waals surface area contributed by atoms with Crippen LogP contribution in [0, 0.1) is 0 Å². The van der Waals surface area contributed by atoms with Gasteiger partial charge in [-0.1, -0.05) is 29.8 Å². The maximum atomic E-state index is 13.3. The number of halogens is 4. The zero-order chi connectivity index (χ0) is 19.8. The van der Waals surface area contributed by atoms with Gasteiger partial charge in [-0.15, -0.1) is 10.2 Å². The van der Waals surface area contributed by atoms with Crippen molar-refractivity contribution >= 4 is 17.3 Å². The number of anilines is 1. The molecule has 3 aromatic rings. The molecule has 0 saturated heterocycles. The molecule has 27 heavy (non-hydrogen) atoms. The highest BCUT2D eigenvalue weighted by atomic mass is 35.5. The first-order chi connectivity index (χ1) is 12.7. The van der Waals surface area contributed by atoms with Gasteiger partial charge in [0.1, 0.15) is 5.75 Å². The summed E-state index contributed by atoms with van der Waals surface area (Å²) in [6, 6.07) is 10.0. The molecule has 0 fully saturated rings. The van der Waals surface area contributed by atoms with Gasteiger partial charge in [-0.05, 0) is 31.2 Å². The van der Waals surface area contributed by atoms with Crippen molar-refractivity contribution in [2.75, 3.05) is 5.73 Å². The first kappa shape index (κ1) is 19.0. The van der Waals surface area contributed by atoms with E-state index < -0.39 is 17.8 Å². The number of alkyl halides is 3. The van der Waals surface area contributed by atoms with Gasteiger partial charge in [0.15, 0.2) is 17.8 Å². The number of nitrogen functional groups attached to an aromatic ring is 1. The van der Waals surface area contributed by atoms with Crippen LogP contribution in [0.25, 0.3) is 11.4 Å². The summed E-state index contributed by atoms with van der Waals surface area (Å²) >= 11 is 5.86. The molecule has 0 aliphatic heterocycles. The lowest BCUT2D eigenvalue weighted by molar-refractivity contribution is -0.137. The zero-order valence-electron chi connectivity index (χ0n) is 14.5. The Morgan fingerprint density at radius 2 is 1.85 bits per heavy atom. The Labute approximate surface area is 158 Å². The summed E-state index contributed by atoms with van der Waals surface area (Å²) in [4.78, 5) is 0. The van der Waals surface area contributed by atoms with E-state index in [-0.39, 0.29) is 11.4 Å². The van der Waals surface area contributed by atoms with Gasteiger partial charge in [0.05, 0.1) is 11.3 Å². The zero-order valence-corrected chi connectivity index (χ0v) is 15.2. The van der Waals surface area contributed by atoms with Crippen LogP contribution in [0.2, 0.25) is 5.02 Å². The predicted octanol–water partition coefficient (Wildman–Crippen LogP) is 4.88. The van der Waals surface area contributed by atoms with E-state index in [9.17, 15) is 13.2 Å². The second-order valence-corrected chi connectivity index (χ2v) is 6.36. The molecule has 1 unspecified atom stereocenters. The Balaban J connectivity index is 1.94. The fraction of sp³-hybridized carbons (Fsp3) is 0.222. The normalized spacial score (nSPS) is 12.8. The summed E-state index contributed by atoms with van der Waals surface area (Å²) in [5, 5.41) is 8.42. The summed E-state index contributed by atoms with van der Waals surface area (Å²) in [7, 11) is 1.59. The van der Waals surface area contributed by atoms with Crippen LogP contribution in [-0.2, 0) is 13.2 Å². The van der Waals surface area contributed by atoms with Crippen LogP contribution in [-0.4, -0.2) is 14.8 Å². The van der Waals surface area contributed by atoms with Crippen LogP contribution in [0.15, 0.2) is 42.5 Å². The molecule has 0 radical (unpaired) electrons. The van der Waals surface area contributed by atoms with Crippen LogP contribution < -0.4 is 10.5 Å². The summed E-state index contributed by atoms with van der Waals surface area (Å²) in [5.74, 6) is 0.848. The molecule has 0 spiro atoms. The summed E-state index contributed by atoms with van der Waals surface area (Å²) < 4.78 is 47.1. The maximum absolute atomic E-state index is 13.3. The number of nitrogens with zero attached hydrogens (tertiary/aromatic N) is 3. The van der Waals surface area contributed by atoms with Crippen molar-refractivity contribution in [3.8, 4) is 17.1 Å². The molecule has 0 aliphatic carbocycles. The molecule has 1 aromatic heterocycles. The predicted molar refractivity (Wildman–Crippen MR) is 96.3 cm³/mol. The largest absolute Gasteiger partial charge is 0.481 e. The standard InChI is InChI=1S/C18H16ClF3N4O/c1-10(27-15-8-7-11(19)9-14(15)23)16-24-25-17(26(16)2)12-5-3-4-6-13(12)18(20,21)22/h3-10H,23H2,1-2H3. The van der Waals surface area contributed by atoms with Crippen LogP contribution in [0.3, 0.4) is 0 Å². The van der Waals surface area contributed by atoms with Gasteiger partial charge in [-0.2, -0.15) is 13.2 Å². The summed E-state index contributed by atoms with van der Waals surface area (Å²) in [6.45, 7) is 1.71. The Kier molecular flexibility index (Phi) is 5.01. The smallest absolute Gasteiger partial charge is 0.417 e. The first-order valence-electron chi connectivity index (χ1n) is 7.96. The maximum Gasteiger partial charge on any atom is 0.417 e. The van der Waals surface area contributed by atoms with E-state index in [2.05, 4.69) is 10.2 Å². The van der Waals surface area contributed by atoms with E-state index in [1.807, 2.05) is 0 Å². The fourth-order valence-corrected chi connectivity index (χ4v) is 2.91. The van der Waals surface area contributed by atoms with Gasteiger partial charge in [-0.25, -0.2) is 0 Å². The third kappa shape index (κ3) is 3.85. The van der Waals surface area contributed by atoms with Crippen molar-refractivity contribution in [1.29, 1.82) is 0 Å². The third-order valence-electron chi connectivity index (χ3n) is 4.02. The Morgan fingerprint density at radius 3 is 2.52 bits per heavy atom. The van der Waals surface area contributed by atoms with Crippen LogP contribution >= 0.6 is 11.6 Å². The second kappa shape index (κ2) is 7.11. The molecule has 0 amide bonds. The van der Waals surface area contributed by atoms with Gasteiger partial charge < -0.3 is 15.0 Å². The summed E-state index contributed by atoms with van der Waals surface area (Å²) in [5.41, 5.74) is 5.39. The number of ether oxygens (including phenoxy) is 1. The molecular weight excluding hydrogens is 381 g/mol. The first-order valence-corrected chi connectivity index (χ1v) is 8.34. The molecule has 9 heteroatoms. The average Bonchev–Trinajstić information content (AvgIpc) is 2.98. The van der Waals surface area contributed by atoms with Gasteiger partial charge in [0, 0.05) is 17.6 Å². The lowest BCUT2D eigenvalue weighted by Gasteiger charge is -2.16. The van der Waals surface area contributed by atoms with Crippen LogP contribution in [0.5, 0.6) is 5.75 Å². The van der Waals surface area contributed by atoms with E-state index in [0.717, 1.165) is 6.07 Å². The Bertz CT molecular complexity index is 971. The van der Waals surface area contributed by atoms with Crippen molar-refractivity contribution in [3.63, 3.8) is 0 Å². The average molecular weight is 397 g/mol. The fourth-order valence-electron chi connectivity index (χ4n) is 2.72. The number of hydrogen-bond acceptors (Lipinski definition) is 4. The Hall–Kier alpha value is -2.74. The molecule has 1 atom stereocenters. The lowest BCUT2D eigenvalue weighted by Crippen LogP contribution is -2.12. The molecule has 2 N–H and O–H groups in total. The molecule has 3 rings (SSSR count). The lowest BCUT2D eigenvalue weighted by atomic mass is 10.1. The van der Waals surface area contributed by atoms with Gasteiger partial charge in [0.25, 0.3) is 0 Å². The van der Waals surface area contributed by atoms with E-state index in [1.54, 1.807) is 32.2 Å². The van der Waals surface area contributed by atoms with Gasteiger partial charge >= 0.3 is 6.18 Å². The minimum absolute atomic E-state index is 0.0514. The molecule has 0 saturated carbocycles. The van der Waals surface area contributed by atoms with Crippen molar-refractivity contribution < 1.29 is 17.9 Å². The molecule has 0 aliphatic rings. The van der Waals surface area contributed by atoms with E-state index in [1.165, 1.54) is 22.8 Å². The van der Waals surface area contributed by atoms with Crippen molar-refractivity contribution in [2.24, 2.45) is 7.05 Å². The number of aromatic nitrogens is 3. The molecule has 142 valence electrons. The molecular formula is C18H16ClF3N4O. The van der Waals surface area contributed by atoms with Crippen LogP contribution in [0.1, 0.15) is 24.4 Å². The van der Waals surface area contributed by atoms with Crippen molar-refractivity contribution in [3.05, 3.63) is 58.9 Å². The minimum Gasteiger partial charge on any atom is -0.481 e. The molecule has 5 nitrogen and oxygen atoms in total. The molecule has 0 bridgehead atoms. The monoisotopic (exact) mass is 396 g/mol. The molecule has 1 heterocycles. The number of benzene rings is 2. The van der Waals surface area contributed by atoms with Crippen molar-refractivity contribution in [1.82, 2.24) is 14.8 Å². The van der Waals surface area contributed by atoms with E-state index in [4.69, 9.17) is 22.1 Å². The SMILES string of the molecule is CC(Oc1ccc(Cl)cc1N)c1nnc(-c2ccccc2C(F)(F)F)n1C. The topological polar surface area (TPSA) is 66.0 Å². The van der Waals surface area contributed by atoms with Crippen molar-refractivity contribution in [2.45, 2.75) is 19.2 Å². The van der Waals surface area contributed by atoms with Gasteiger partial charge in [-0.3, -0.25) is 0 Å². The van der Waals surface area contributed by atoms with E-state index >= 15 is 0 Å². The number of rotatable bonds is 4. The highest BCUT2D eigenvalue weighted by Crippen LogP contribution is 2.37.